The summed E-state index contributed by atoms with van der Waals surface area (Å²) in [5.41, 5.74) is 0.466. The summed E-state index contributed by atoms with van der Waals surface area (Å²) in [6, 6.07) is 0. The van der Waals surface area contributed by atoms with Crippen LogP contribution in [0.3, 0.4) is 0 Å². The highest BCUT2D eigenvalue weighted by Gasteiger charge is 2.49. The van der Waals surface area contributed by atoms with Gasteiger partial charge in [0.25, 0.3) is 10.0 Å². The van der Waals surface area contributed by atoms with Crippen molar-refractivity contribution in [3.8, 4) is 0 Å². The van der Waals surface area contributed by atoms with E-state index in [2.05, 4.69) is 46.6 Å². The Labute approximate surface area is 111 Å². The molecule has 0 N–H and O–H groups in total. The maximum atomic E-state index is 6.38. The van der Waals surface area contributed by atoms with Crippen LogP contribution in [0, 0.1) is 0 Å². The van der Waals surface area contributed by atoms with Gasteiger partial charge in [0.15, 0.2) is 0 Å². The SMILES string of the molecule is CCC(C)[Si]1(C)O[Si](C)(C)O[SiH2]O[Si](C)(C)O1. The molecular formula is C9H26O4Si4. The predicted octanol–water partition coefficient (Wildman–Crippen LogP) is 2.34. The van der Waals surface area contributed by atoms with Gasteiger partial charge >= 0.3 is 25.7 Å². The smallest absolute Gasteiger partial charge is 0.320 e. The summed E-state index contributed by atoms with van der Waals surface area (Å²) in [6.07, 6.45) is 1.08. The van der Waals surface area contributed by atoms with Gasteiger partial charge in [-0.05, 0) is 38.3 Å². The van der Waals surface area contributed by atoms with Crippen molar-refractivity contribution < 1.29 is 16.5 Å². The van der Waals surface area contributed by atoms with E-state index in [0.717, 1.165) is 6.42 Å². The van der Waals surface area contributed by atoms with E-state index in [1.54, 1.807) is 0 Å². The zero-order valence-electron chi connectivity index (χ0n) is 12.1. The van der Waals surface area contributed by atoms with Gasteiger partial charge in [-0.1, -0.05) is 20.3 Å². The van der Waals surface area contributed by atoms with Crippen molar-refractivity contribution in [1.29, 1.82) is 0 Å². The first-order chi connectivity index (χ1) is 7.60. The molecule has 8 heteroatoms. The van der Waals surface area contributed by atoms with Gasteiger partial charge in [-0.15, -0.1) is 0 Å². The molecule has 1 aliphatic heterocycles. The van der Waals surface area contributed by atoms with Gasteiger partial charge in [-0.3, -0.25) is 0 Å². The molecule has 1 atom stereocenters. The highest BCUT2D eigenvalue weighted by Crippen LogP contribution is 2.34. The lowest BCUT2D eigenvalue weighted by Crippen LogP contribution is -2.61. The monoisotopic (exact) mass is 310 g/mol. The highest BCUT2D eigenvalue weighted by atomic mass is 28.5. The topological polar surface area (TPSA) is 36.9 Å². The van der Waals surface area contributed by atoms with E-state index < -0.39 is 35.7 Å². The number of hydrogen-bond acceptors (Lipinski definition) is 4. The molecule has 1 aliphatic rings. The molecule has 0 amide bonds. The van der Waals surface area contributed by atoms with E-state index in [4.69, 9.17) is 16.5 Å². The Morgan fingerprint density at radius 1 is 0.941 bits per heavy atom. The van der Waals surface area contributed by atoms with E-state index in [0.29, 0.717) is 5.54 Å². The zero-order valence-corrected chi connectivity index (χ0v) is 16.5. The summed E-state index contributed by atoms with van der Waals surface area (Å²) >= 11 is 0. The maximum absolute atomic E-state index is 6.38. The summed E-state index contributed by atoms with van der Waals surface area (Å²) in [6.45, 7) is 15.0. The van der Waals surface area contributed by atoms with Crippen LogP contribution in [0.1, 0.15) is 20.3 Å². The third-order valence-electron chi connectivity index (χ3n) is 3.22. The molecule has 17 heavy (non-hydrogen) atoms. The minimum atomic E-state index is -2.20. The van der Waals surface area contributed by atoms with Crippen molar-refractivity contribution in [2.75, 3.05) is 0 Å². The van der Waals surface area contributed by atoms with Crippen LogP contribution < -0.4 is 0 Å². The standard InChI is InChI=1S/C9H26O4Si4/c1-8-9(2)17(7)12-15(3,4)10-14-11-16(5,6)13-17/h9H,8,14H2,1-7H3. The molecule has 102 valence electrons. The summed E-state index contributed by atoms with van der Waals surface area (Å²) in [5, 5.41) is 0. The Kier molecular flexibility index (Phi) is 4.98. The molecule has 1 rings (SSSR count). The molecule has 4 nitrogen and oxygen atoms in total. The van der Waals surface area contributed by atoms with Gasteiger partial charge < -0.3 is 16.5 Å². The van der Waals surface area contributed by atoms with E-state index in [9.17, 15) is 0 Å². The van der Waals surface area contributed by atoms with Crippen molar-refractivity contribution in [1.82, 2.24) is 0 Å². The Bertz CT molecular complexity index is 254. The molecule has 0 aliphatic carbocycles. The predicted molar refractivity (Wildman–Crippen MR) is 79.2 cm³/mol. The van der Waals surface area contributed by atoms with Crippen LogP contribution in [-0.4, -0.2) is 35.7 Å². The molecule has 1 saturated heterocycles. The quantitative estimate of drug-likeness (QED) is 0.734. The molecule has 0 spiro atoms. The molecule has 0 radical (unpaired) electrons. The molecule has 0 aromatic rings. The Hall–Kier alpha value is 0.708. The van der Waals surface area contributed by atoms with E-state index in [1.165, 1.54) is 0 Å². The Balaban J connectivity index is 2.95. The lowest BCUT2D eigenvalue weighted by atomic mass is 10.4. The van der Waals surface area contributed by atoms with Crippen LogP contribution >= 0.6 is 0 Å². The minimum Gasteiger partial charge on any atom is -0.420 e. The van der Waals surface area contributed by atoms with Gasteiger partial charge in [-0.25, -0.2) is 0 Å². The van der Waals surface area contributed by atoms with Crippen LogP contribution in [0.5, 0.6) is 0 Å². The van der Waals surface area contributed by atoms with Crippen molar-refractivity contribution in [3.05, 3.63) is 0 Å². The van der Waals surface area contributed by atoms with Gasteiger partial charge in [0.1, 0.15) is 0 Å². The van der Waals surface area contributed by atoms with Gasteiger partial charge in [0.05, 0.1) is 0 Å². The van der Waals surface area contributed by atoms with Crippen molar-refractivity contribution in [2.45, 2.75) is 58.5 Å². The van der Waals surface area contributed by atoms with Crippen LogP contribution in [0.15, 0.2) is 0 Å². The third-order valence-corrected chi connectivity index (χ3v) is 19.1. The fourth-order valence-corrected chi connectivity index (χ4v) is 17.2. The molecule has 0 aromatic heterocycles. The van der Waals surface area contributed by atoms with E-state index >= 15 is 0 Å². The molecule has 1 heterocycles. The molecule has 0 saturated carbocycles. The molecular weight excluding hydrogens is 284 g/mol. The maximum Gasteiger partial charge on any atom is 0.320 e. The second kappa shape index (κ2) is 5.37. The fraction of sp³-hybridized carbons (Fsp3) is 1.00. The van der Waals surface area contributed by atoms with Crippen LogP contribution in [0.4, 0.5) is 0 Å². The Morgan fingerprint density at radius 2 is 1.35 bits per heavy atom. The first-order valence-corrected chi connectivity index (χ1v) is 15.5. The van der Waals surface area contributed by atoms with Crippen molar-refractivity contribution in [3.63, 3.8) is 0 Å². The molecule has 0 aromatic carbocycles. The van der Waals surface area contributed by atoms with Gasteiger partial charge in [-0.2, -0.15) is 0 Å². The summed E-state index contributed by atoms with van der Waals surface area (Å²) < 4.78 is 24.6. The molecule has 0 bridgehead atoms. The summed E-state index contributed by atoms with van der Waals surface area (Å²) in [4.78, 5) is 0. The second-order valence-corrected chi connectivity index (χ2v) is 18.5. The number of rotatable bonds is 2. The lowest BCUT2D eigenvalue weighted by molar-refractivity contribution is 0.248. The molecule has 1 unspecified atom stereocenters. The minimum absolute atomic E-state index is 0.466. The lowest BCUT2D eigenvalue weighted by Gasteiger charge is -2.45. The Morgan fingerprint density at radius 3 is 1.71 bits per heavy atom. The highest BCUT2D eigenvalue weighted by molar-refractivity contribution is 6.88. The average Bonchev–Trinajstić information content (AvgIpc) is 2.11. The third kappa shape index (κ3) is 4.39. The van der Waals surface area contributed by atoms with Crippen LogP contribution in [-0.2, 0) is 16.5 Å². The summed E-state index contributed by atoms with van der Waals surface area (Å²) in [5.74, 6) is 0. The number of hydrogen-bond donors (Lipinski definition) is 0. The average molecular weight is 311 g/mol. The van der Waals surface area contributed by atoms with E-state index in [-0.39, 0.29) is 0 Å². The van der Waals surface area contributed by atoms with Crippen LogP contribution in [0.25, 0.3) is 0 Å². The van der Waals surface area contributed by atoms with Crippen molar-refractivity contribution in [2.24, 2.45) is 0 Å². The van der Waals surface area contributed by atoms with Gasteiger partial charge in [0.2, 0.25) is 0 Å². The van der Waals surface area contributed by atoms with E-state index in [1.807, 2.05) is 0 Å². The normalized spacial score (nSPS) is 36.2. The van der Waals surface area contributed by atoms with Crippen molar-refractivity contribution >= 4 is 35.7 Å². The molecule has 1 fully saturated rings. The first kappa shape index (κ1) is 15.8. The van der Waals surface area contributed by atoms with Crippen LogP contribution in [0.2, 0.25) is 38.3 Å². The summed E-state index contributed by atoms with van der Waals surface area (Å²) in [7, 11) is -7.25. The fourth-order valence-electron chi connectivity index (χ4n) is 1.94. The largest absolute Gasteiger partial charge is 0.420 e. The van der Waals surface area contributed by atoms with Gasteiger partial charge in [0, 0.05) is 0 Å². The second-order valence-electron chi connectivity index (χ2n) is 5.74. The zero-order chi connectivity index (χ0) is 13.3. The first-order valence-electron chi connectivity index (χ1n) is 6.28.